The van der Waals surface area contributed by atoms with E-state index in [9.17, 15) is 4.39 Å². The Bertz CT molecular complexity index is 576. The summed E-state index contributed by atoms with van der Waals surface area (Å²) in [4.78, 5) is 4.26. The standard InChI is InChI=1S/C15H15BrFNO/c1-15(2,3)10-4-7-14(18-9-10)19-11-5-6-13(17)12(16)8-11/h4-9H,1-3H3. The van der Waals surface area contributed by atoms with E-state index < -0.39 is 0 Å². The number of hydrogen-bond acceptors (Lipinski definition) is 2. The molecule has 0 fully saturated rings. The molecule has 0 saturated carbocycles. The smallest absolute Gasteiger partial charge is 0.219 e. The molecule has 0 aliphatic carbocycles. The lowest BCUT2D eigenvalue weighted by Gasteiger charge is -2.18. The van der Waals surface area contributed by atoms with Crippen molar-refractivity contribution in [2.75, 3.05) is 0 Å². The van der Waals surface area contributed by atoms with Gasteiger partial charge in [-0.1, -0.05) is 26.8 Å². The molecule has 0 unspecified atom stereocenters. The van der Waals surface area contributed by atoms with Crippen LogP contribution in [0, 0.1) is 5.82 Å². The fraction of sp³-hybridized carbons (Fsp3) is 0.267. The summed E-state index contributed by atoms with van der Waals surface area (Å²) < 4.78 is 19.0. The monoisotopic (exact) mass is 323 g/mol. The van der Waals surface area contributed by atoms with E-state index in [-0.39, 0.29) is 11.2 Å². The van der Waals surface area contributed by atoms with E-state index in [4.69, 9.17) is 4.74 Å². The molecule has 0 N–H and O–H groups in total. The molecule has 2 nitrogen and oxygen atoms in total. The van der Waals surface area contributed by atoms with Gasteiger partial charge >= 0.3 is 0 Å². The maximum Gasteiger partial charge on any atom is 0.219 e. The van der Waals surface area contributed by atoms with Gasteiger partial charge in [-0.15, -0.1) is 0 Å². The third-order valence-electron chi connectivity index (χ3n) is 2.72. The number of hydrogen-bond donors (Lipinski definition) is 0. The van der Waals surface area contributed by atoms with Crippen LogP contribution in [0.3, 0.4) is 0 Å². The fourth-order valence-electron chi connectivity index (χ4n) is 1.55. The molecule has 0 amide bonds. The Balaban J connectivity index is 2.17. The van der Waals surface area contributed by atoms with Crippen molar-refractivity contribution in [1.29, 1.82) is 0 Å². The van der Waals surface area contributed by atoms with Gasteiger partial charge in [-0.25, -0.2) is 9.37 Å². The molecule has 100 valence electrons. The minimum absolute atomic E-state index is 0.0600. The first-order valence-corrected chi connectivity index (χ1v) is 6.75. The predicted octanol–water partition coefficient (Wildman–Crippen LogP) is 5.07. The molecule has 0 saturated heterocycles. The molecule has 0 aliphatic heterocycles. The van der Waals surface area contributed by atoms with Gasteiger partial charge in [0.05, 0.1) is 4.47 Å². The van der Waals surface area contributed by atoms with E-state index in [1.807, 2.05) is 12.1 Å². The summed E-state index contributed by atoms with van der Waals surface area (Å²) >= 11 is 3.12. The van der Waals surface area contributed by atoms with Gasteiger partial charge < -0.3 is 4.74 Å². The van der Waals surface area contributed by atoms with E-state index in [1.165, 1.54) is 6.07 Å². The second kappa shape index (κ2) is 5.29. The summed E-state index contributed by atoms with van der Waals surface area (Å²) in [6.45, 7) is 6.38. The maximum atomic E-state index is 13.1. The Morgan fingerprint density at radius 1 is 1.16 bits per heavy atom. The minimum atomic E-state index is -0.316. The quantitative estimate of drug-likeness (QED) is 0.769. The van der Waals surface area contributed by atoms with Gasteiger partial charge in [0.1, 0.15) is 11.6 Å². The van der Waals surface area contributed by atoms with Crippen molar-refractivity contribution in [2.24, 2.45) is 0 Å². The van der Waals surface area contributed by atoms with Crippen LogP contribution in [0.25, 0.3) is 0 Å². The van der Waals surface area contributed by atoms with Gasteiger partial charge in [-0.3, -0.25) is 0 Å². The van der Waals surface area contributed by atoms with Crippen molar-refractivity contribution in [3.8, 4) is 11.6 Å². The maximum absolute atomic E-state index is 13.1. The van der Waals surface area contributed by atoms with Crippen molar-refractivity contribution in [2.45, 2.75) is 26.2 Å². The second-order valence-corrected chi connectivity index (χ2v) is 6.17. The van der Waals surface area contributed by atoms with Crippen LogP contribution in [0.5, 0.6) is 11.6 Å². The summed E-state index contributed by atoms with van der Waals surface area (Å²) in [6.07, 6.45) is 1.80. The molecule has 0 atom stereocenters. The van der Waals surface area contributed by atoms with E-state index in [0.29, 0.717) is 16.1 Å². The molecule has 1 heterocycles. The molecule has 0 spiro atoms. The number of aromatic nitrogens is 1. The van der Waals surface area contributed by atoms with Crippen LogP contribution < -0.4 is 4.74 Å². The third kappa shape index (κ3) is 3.53. The van der Waals surface area contributed by atoms with Crippen LogP contribution in [0.1, 0.15) is 26.3 Å². The molecule has 0 aliphatic rings. The van der Waals surface area contributed by atoms with Crippen LogP contribution in [-0.4, -0.2) is 4.98 Å². The Morgan fingerprint density at radius 3 is 2.42 bits per heavy atom. The molecule has 1 aromatic heterocycles. The first-order valence-electron chi connectivity index (χ1n) is 5.96. The van der Waals surface area contributed by atoms with Crippen molar-refractivity contribution >= 4 is 15.9 Å². The summed E-state index contributed by atoms with van der Waals surface area (Å²) in [5, 5.41) is 0. The van der Waals surface area contributed by atoms with Crippen LogP contribution in [0.4, 0.5) is 4.39 Å². The highest BCUT2D eigenvalue weighted by Crippen LogP contribution is 2.27. The van der Waals surface area contributed by atoms with Crippen LogP contribution in [-0.2, 0) is 5.41 Å². The Morgan fingerprint density at radius 2 is 1.89 bits per heavy atom. The van der Waals surface area contributed by atoms with E-state index >= 15 is 0 Å². The lowest BCUT2D eigenvalue weighted by molar-refractivity contribution is 0.458. The number of ether oxygens (including phenoxy) is 1. The highest BCUT2D eigenvalue weighted by atomic mass is 79.9. The van der Waals surface area contributed by atoms with Crippen LogP contribution in [0.2, 0.25) is 0 Å². The number of halogens is 2. The zero-order valence-corrected chi connectivity index (χ0v) is 12.7. The van der Waals surface area contributed by atoms with Gasteiger partial charge in [0, 0.05) is 12.3 Å². The molecule has 0 radical (unpaired) electrons. The minimum Gasteiger partial charge on any atom is -0.439 e. The fourth-order valence-corrected chi connectivity index (χ4v) is 1.90. The molecule has 4 heteroatoms. The van der Waals surface area contributed by atoms with E-state index in [0.717, 1.165) is 5.56 Å². The first-order chi connectivity index (χ1) is 8.86. The molecular formula is C15H15BrFNO. The summed E-state index contributed by atoms with van der Waals surface area (Å²) in [5.74, 6) is 0.721. The number of nitrogens with zero attached hydrogens (tertiary/aromatic N) is 1. The molecule has 19 heavy (non-hydrogen) atoms. The summed E-state index contributed by atoms with van der Waals surface area (Å²) in [5.41, 5.74) is 1.20. The topological polar surface area (TPSA) is 22.1 Å². The molecule has 0 bridgehead atoms. The molecule has 1 aromatic carbocycles. The average molecular weight is 324 g/mol. The molecule has 2 aromatic rings. The Kier molecular flexibility index (Phi) is 3.90. The second-order valence-electron chi connectivity index (χ2n) is 5.31. The zero-order valence-electron chi connectivity index (χ0n) is 11.1. The largest absolute Gasteiger partial charge is 0.439 e. The van der Waals surface area contributed by atoms with Gasteiger partial charge in [0.15, 0.2) is 0 Å². The number of benzene rings is 1. The average Bonchev–Trinajstić information content (AvgIpc) is 2.33. The molecule has 2 rings (SSSR count). The van der Waals surface area contributed by atoms with Crippen molar-refractivity contribution < 1.29 is 9.13 Å². The van der Waals surface area contributed by atoms with Gasteiger partial charge in [0.2, 0.25) is 5.88 Å². The first kappa shape index (κ1) is 14.0. The third-order valence-corrected chi connectivity index (χ3v) is 3.32. The van der Waals surface area contributed by atoms with Gasteiger partial charge in [0.25, 0.3) is 0 Å². The van der Waals surface area contributed by atoms with Gasteiger partial charge in [-0.05, 0) is 45.1 Å². The summed E-state index contributed by atoms with van der Waals surface area (Å²) in [6, 6.07) is 8.30. The van der Waals surface area contributed by atoms with E-state index in [2.05, 4.69) is 41.7 Å². The van der Waals surface area contributed by atoms with Crippen LogP contribution in [0.15, 0.2) is 41.0 Å². The predicted molar refractivity (Wildman–Crippen MR) is 77.1 cm³/mol. The Hall–Kier alpha value is -1.42. The van der Waals surface area contributed by atoms with Crippen molar-refractivity contribution in [1.82, 2.24) is 4.98 Å². The highest BCUT2D eigenvalue weighted by Gasteiger charge is 2.14. The SMILES string of the molecule is CC(C)(C)c1ccc(Oc2ccc(F)c(Br)c2)nc1. The highest BCUT2D eigenvalue weighted by molar-refractivity contribution is 9.10. The normalized spacial score (nSPS) is 11.4. The van der Waals surface area contributed by atoms with E-state index in [1.54, 1.807) is 18.3 Å². The Labute approximate surface area is 120 Å². The van der Waals surface area contributed by atoms with Gasteiger partial charge in [-0.2, -0.15) is 0 Å². The summed E-state index contributed by atoms with van der Waals surface area (Å²) in [7, 11) is 0. The zero-order chi connectivity index (χ0) is 14.0. The number of pyridine rings is 1. The van der Waals surface area contributed by atoms with Crippen molar-refractivity contribution in [3.63, 3.8) is 0 Å². The molecular weight excluding hydrogens is 309 g/mol. The van der Waals surface area contributed by atoms with Crippen LogP contribution >= 0.6 is 15.9 Å². The lowest BCUT2D eigenvalue weighted by Crippen LogP contribution is -2.11. The van der Waals surface area contributed by atoms with Crippen molar-refractivity contribution in [3.05, 3.63) is 52.4 Å². The lowest BCUT2D eigenvalue weighted by atomic mass is 9.88. The number of rotatable bonds is 2.